The van der Waals surface area contributed by atoms with Crippen LogP contribution in [0.3, 0.4) is 0 Å². The third-order valence-corrected chi connectivity index (χ3v) is 6.32. The number of esters is 2. The van der Waals surface area contributed by atoms with Crippen LogP contribution in [0.1, 0.15) is 63.9 Å². The lowest BCUT2D eigenvalue weighted by Crippen LogP contribution is -2.31. The van der Waals surface area contributed by atoms with E-state index in [0.717, 1.165) is 56.9 Å². The van der Waals surface area contributed by atoms with E-state index in [-0.39, 0.29) is 24.0 Å². The fraction of sp³-hybridized carbons (Fsp3) is 0.583. The molecule has 0 amide bonds. The number of aryl methyl sites for hydroxylation is 1. The van der Waals surface area contributed by atoms with Crippen molar-refractivity contribution in [2.75, 3.05) is 0 Å². The Hall–Kier alpha value is -2.10. The maximum atomic E-state index is 12.5. The first-order chi connectivity index (χ1) is 13.5. The molecule has 0 aliphatic heterocycles. The van der Waals surface area contributed by atoms with Crippen LogP contribution in [0.15, 0.2) is 36.4 Å². The van der Waals surface area contributed by atoms with Crippen molar-refractivity contribution >= 4 is 11.9 Å². The van der Waals surface area contributed by atoms with Crippen LogP contribution < -0.4 is 4.74 Å². The molecule has 2 aliphatic rings. The summed E-state index contributed by atoms with van der Waals surface area (Å²) in [7, 11) is 0. The molecule has 1 aromatic carbocycles. The van der Waals surface area contributed by atoms with Crippen molar-refractivity contribution < 1.29 is 19.1 Å². The Labute approximate surface area is 168 Å². The van der Waals surface area contributed by atoms with Gasteiger partial charge in [0.05, 0.1) is 5.92 Å². The quantitative estimate of drug-likeness (QED) is 0.388. The smallest absolute Gasteiger partial charge is 0.330 e. The van der Waals surface area contributed by atoms with Gasteiger partial charge in [-0.15, -0.1) is 0 Å². The van der Waals surface area contributed by atoms with Gasteiger partial charge in [-0.25, -0.2) is 4.79 Å². The molecule has 1 aromatic rings. The van der Waals surface area contributed by atoms with Gasteiger partial charge in [0.1, 0.15) is 11.9 Å². The highest BCUT2D eigenvalue weighted by Gasteiger charge is 2.34. The number of benzene rings is 1. The molecule has 3 rings (SSSR count). The molecular weight excluding hydrogens is 352 g/mol. The van der Waals surface area contributed by atoms with Crippen LogP contribution >= 0.6 is 0 Å². The molecule has 0 heterocycles. The second kappa shape index (κ2) is 9.90. The van der Waals surface area contributed by atoms with Gasteiger partial charge in [-0.1, -0.05) is 23.8 Å². The fourth-order valence-corrected chi connectivity index (χ4v) is 4.65. The molecule has 2 saturated carbocycles. The molecule has 0 atom stereocenters. The Morgan fingerprint density at radius 1 is 0.893 bits per heavy atom. The van der Waals surface area contributed by atoms with E-state index in [9.17, 15) is 9.59 Å². The van der Waals surface area contributed by atoms with Gasteiger partial charge in [0.25, 0.3) is 0 Å². The van der Waals surface area contributed by atoms with Gasteiger partial charge < -0.3 is 9.47 Å². The second-order valence-corrected chi connectivity index (χ2v) is 8.32. The molecule has 0 N–H and O–H groups in total. The van der Waals surface area contributed by atoms with E-state index in [1.54, 1.807) is 6.08 Å². The number of ether oxygens (including phenoxy) is 2. The summed E-state index contributed by atoms with van der Waals surface area (Å²) < 4.78 is 11.1. The first-order valence-electron chi connectivity index (χ1n) is 10.7. The zero-order valence-corrected chi connectivity index (χ0v) is 17.1. The molecule has 2 aliphatic carbocycles. The van der Waals surface area contributed by atoms with E-state index in [2.05, 4.69) is 0 Å². The summed E-state index contributed by atoms with van der Waals surface area (Å²) in [5, 5.41) is 0. The summed E-state index contributed by atoms with van der Waals surface area (Å²) in [4.78, 5) is 24.0. The van der Waals surface area contributed by atoms with Gasteiger partial charge >= 0.3 is 11.9 Å². The van der Waals surface area contributed by atoms with Crippen molar-refractivity contribution in [3.05, 3.63) is 42.0 Å². The maximum Gasteiger partial charge on any atom is 0.330 e. The van der Waals surface area contributed by atoms with Gasteiger partial charge in [0, 0.05) is 6.08 Å². The summed E-state index contributed by atoms with van der Waals surface area (Å²) >= 11 is 0. The van der Waals surface area contributed by atoms with E-state index in [0.29, 0.717) is 17.6 Å². The first kappa shape index (κ1) is 20.6. The summed E-state index contributed by atoms with van der Waals surface area (Å²) in [5.74, 6) is 1.75. The van der Waals surface area contributed by atoms with Crippen LogP contribution in [0, 0.1) is 24.7 Å². The Morgan fingerprint density at radius 3 is 2.04 bits per heavy atom. The van der Waals surface area contributed by atoms with Crippen molar-refractivity contribution in [3.63, 3.8) is 0 Å². The monoisotopic (exact) mass is 384 g/mol. The molecule has 2 fully saturated rings. The molecule has 0 saturated heterocycles. The number of allylic oxidation sites excluding steroid dienone is 1. The molecule has 0 spiro atoms. The maximum absolute atomic E-state index is 12.5. The van der Waals surface area contributed by atoms with Crippen molar-refractivity contribution in [2.24, 2.45) is 17.8 Å². The molecule has 0 bridgehead atoms. The van der Waals surface area contributed by atoms with Gasteiger partial charge in [0.15, 0.2) is 0 Å². The highest BCUT2D eigenvalue weighted by atomic mass is 16.5. The van der Waals surface area contributed by atoms with Crippen LogP contribution in [0.5, 0.6) is 5.75 Å². The molecule has 152 valence electrons. The van der Waals surface area contributed by atoms with Crippen LogP contribution in [0.2, 0.25) is 0 Å². The van der Waals surface area contributed by atoms with Gasteiger partial charge in [-0.05, 0) is 89.2 Å². The molecule has 4 nitrogen and oxygen atoms in total. The van der Waals surface area contributed by atoms with Crippen molar-refractivity contribution in [1.82, 2.24) is 0 Å². The average Bonchev–Trinajstić information content (AvgIpc) is 2.70. The first-order valence-corrected chi connectivity index (χ1v) is 10.7. The number of carbonyl (C=O) groups excluding carboxylic acids is 2. The molecular formula is C24H32O4. The molecule has 0 aromatic heterocycles. The molecule has 28 heavy (non-hydrogen) atoms. The Morgan fingerprint density at radius 2 is 1.46 bits per heavy atom. The van der Waals surface area contributed by atoms with E-state index in [1.807, 2.05) is 38.1 Å². The molecule has 0 unspecified atom stereocenters. The predicted molar refractivity (Wildman–Crippen MR) is 109 cm³/mol. The topological polar surface area (TPSA) is 52.6 Å². The van der Waals surface area contributed by atoms with Gasteiger partial charge in [0.2, 0.25) is 0 Å². The predicted octanol–water partition coefficient (Wildman–Crippen LogP) is 5.38. The van der Waals surface area contributed by atoms with Crippen LogP contribution in [0.4, 0.5) is 0 Å². The lowest BCUT2D eigenvalue weighted by atomic mass is 9.70. The standard InChI is InChI=1S/C24H32O4/c1-3-4-23(25)27-21-15-11-19(12-16-21)18-7-9-20(10-8-18)24(26)28-22-13-5-17(2)6-14-22/h3-6,13-14,18-21H,7-12,15-16H2,1-2H3/b4-3+. The minimum atomic E-state index is -0.224. The van der Waals surface area contributed by atoms with Crippen LogP contribution in [0.25, 0.3) is 0 Å². The number of carbonyl (C=O) groups is 2. The minimum Gasteiger partial charge on any atom is -0.459 e. The third-order valence-electron chi connectivity index (χ3n) is 6.32. The summed E-state index contributed by atoms with van der Waals surface area (Å²) in [6.07, 6.45) is 11.5. The summed E-state index contributed by atoms with van der Waals surface area (Å²) in [6, 6.07) is 7.65. The van der Waals surface area contributed by atoms with Crippen molar-refractivity contribution in [3.8, 4) is 5.75 Å². The zero-order chi connectivity index (χ0) is 19.9. The number of hydrogen-bond donors (Lipinski definition) is 0. The highest BCUT2D eigenvalue weighted by molar-refractivity contribution is 5.81. The van der Waals surface area contributed by atoms with E-state index < -0.39 is 0 Å². The second-order valence-electron chi connectivity index (χ2n) is 8.32. The van der Waals surface area contributed by atoms with Crippen molar-refractivity contribution in [2.45, 2.75) is 71.3 Å². The van der Waals surface area contributed by atoms with Crippen molar-refractivity contribution in [1.29, 1.82) is 0 Å². The van der Waals surface area contributed by atoms with Crippen LogP contribution in [-0.2, 0) is 14.3 Å². The van der Waals surface area contributed by atoms with E-state index >= 15 is 0 Å². The Balaban J connectivity index is 1.40. The molecule has 0 radical (unpaired) electrons. The Kier molecular flexibility index (Phi) is 7.30. The normalized spacial score (nSPS) is 28.1. The minimum absolute atomic E-state index is 0.0238. The number of hydrogen-bond acceptors (Lipinski definition) is 4. The van der Waals surface area contributed by atoms with Crippen LogP contribution in [-0.4, -0.2) is 18.0 Å². The number of rotatable bonds is 5. The largest absolute Gasteiger partial charge is 0.459 e. The fourth-order valence-electron chi connectivity index (χ4n) is 4.65. The average molecular weight is 385 g/mol. The van der Waals surface area contributed by atoms with Gasteiger partial charge in [-0.2, -0.15) is 0 Å². The van der Waals surface area contributed by atoms with Gasteiger partial charge in [-0.3, -0.25) is 4.79 Å². The summed E-state index contributed by atoms with van der Waals surface area (Å²) in [6.45, 7) is 3.84. The summed E-state index contributed by atoms with van der Waals surface area (Å²) in [5.41, 5.74) is 1.16. The lowest BCUT2D eigenvalue weighted by molar-refractivity contribution is -0.145. The Bertz CT molecular complexity index is 675. The zero-order valence-electron chi connectivity index (χ0n) is 17.1. The lowest BCUT2D eigenvalue weighted by Gasteiger charge is -2.37. The molecule has 4 heteroatoms. The third kappa shape index (κ3) is 5.70. The highest BCUT2D eigenvalue weighted by Crippen LogP contribution is 2.40. The van der Waals surface area contributed by atoms with E-state index in [1.165, 1.54) is 6.08 Å². The SMILES string of the molecule is C/C=C/C(=O)OC1CCC(C2CCC(C(=O)Oc3ccc(C)cc3)CC2)CC1. The van der Waals surface area contributed by atoms with E-state index in [4.69, 9.17) is 9.47 Å².